The molecular weight excluding hydrogens is 469 g/mol. The molecule has 8 nitrogen and oxygen atoms in total. The molecule has 2 aromatic carbocycles. The molecule has 0 spiro atoms. The average Bonchev–Trinajstić information content (AvgIpc) is 3.36. The fraction of sp³-hybridized carbons (Fsp3) is 0.304. The first-order chi connectivity index (χ1) is 15.8. The van der Waals surface area contributed by atoms with E-state index in [0.717, 1.165) is 17.0 Å². The molecule has 10 heteroatoms. The number of fused-ring (bicyclic) bond motifs is 1. The van der Waals surface area contributed by atoms with Crippen molar-refractivity contribution < 1.29 is 24.1 Å². The Morgan fingerprint density at radius 2 is 2.00 bits per heavy atom. The summed E-state index contributed by atoms with van der Waals surface area (Å²) in [4.78, 5) is 12.5. The highest BCUT2D eigenvalue weighted by molar-refractivity contribution is 6.35. The zero-order valence-electron chi connectivity index (χ0n) is 18.1. The second kappa shape index (κ2) is 9.91. The van der Waals surface area contributed by atoms with Gasteiger partial charge in [0.15, 0.2) is 11.5 Å². The predicted octanol–water partition coefficient (Wildman–Crippen LogP) is 3.62. The van der Waals surface area contributed by atoms with Gasteiger partial charge in [0.1, 0.15) is 18.5 Å². The Morgan fingerprint density at radius 1 is 1.21 bits per heavy atom. The minimum atomic E-state index is -0.878. The van der Waals surface area contributed by atoms with Gasteiger partial charge in [-0.25, -0.2) is 4.68 Å². The summed E-state index contributed by atoms with van der Waals surface area (Å²) in [5, 5.41) is 18.5. The van der Waals surface area contributed by atoms with Crippen LogP contribution in [0.1, 0.15) is 17.0 Å². The van der Waals surface area contributed by atoms with Gasteiger partial charge in [0.05, 0.1) is 22.8 Å². The Labute approximate surface area is 201 Å². The standard InChI is InChI=1S/C23H23Cl2N3O5/c1-13-18(14(2)28(27-13)20-5-3-15(24)7-19(20)25)9-23(30)26-10-16(29)11-31-17-4-6-21-22(8-17)33-12-32-21/h3-8,16,29H,9-12H2,1-2H3,(H,26,30). The molecule has 33 heavy (non-hydrogen) atoms. The number of benzene rings is 2. The van der Waals surface area contributed by atoms with E-state index in [-0.39, 0.29) is 32.3 Å². The third kappa shape index (κ3) is 5.35. The number of rotatable bonds is 8. The summed E-state index contributed by atoms with van der Waals surface area (Å²) in [7, 11) is 0. The molecule has 1 aromatic heterocycles. The number of aryl methyl sites for hydroxylation is 1. The molecule has 1 aliphatic heterocycles. The molecule has 0 saturated heterocycles. The van der Waals surface area contributed by atoms with E-state index in [2.05, 4.69) is 10.4 Å². The maximum atomic E-state index is 12.5. The van der Waals surface area contributed by atoms with E-state index in [4.69, 9.17) is 37.4 Å². The molecule has 1 amide bonds. The van der Waals surface area contributed by atoms with Gasteiger partial charge in [-0.05, 0) is 44.2 Å². The second-order valence-corrected chi connectivity index (χ2v) is 8.46. The summed E-state index contributed by atoms with van der Waals surface area (Å²) in [6.45, 7) is 3.97. The first-order valence-corrected chi connectivity index (χ1v) is 11.0. The number of carbonyl (C=O) groups is 1. The summed E-state index contributed by atoms with van der Waals surface area (Å²) >= 11 is 12.3. The molecule has 0 bridgehead atoms. The van der Waals surface area contributed by atoms with Crippen LogP contribution < -0.4 is 19.5 Å². The van der Waals surface area contributed by atoms with Crippen LogP contribution in [0.15, 0.2) is 36.4 Å². The van der Waals surface area contributed by atoms with Crippen molar-refractivity contribution in [3.8, 4) is 22.9 Å². The molecule has 1 aliphatic rings. The summed E-state index contributed by atoms with van der Waals surface area (Å²) in [6, 6.07) is 10.3. The SMILES string of the molecule is Cc1nn(-c2ccc(Cl)cc2Cl)c(C)c1CC(=O)NCC(O)COc1ccc2c(c1)OCO2. The third-order valence-electron chi connectivity index (χ3n) is 5.24. The smallest absolute Gasteiger partial charge is 0.231 e. The normalized spacial score (nSPS) is 13.1. The highest BCUT2D eigenvalue weighted by atomic mass is 35.5. The number of aromatic nitrogens is 2. The lowest BCUT2D eigenvalue weighted by Gasteiger charge is -2.14. The fourth-order valence-electron chi connectivity index (χ4n) is 3.49. The first kappa shape index (κ1) is 23.2. The number of hydrogen-bond acceptors (Lipinski definition) is 6. The number of carbonyl (C=O) groups excluding carboxylic acids is 1. The molecule has 4 rings (SSSR count). The maximum absolute atomic E-state index is 12.5. The number of nitrogens with one attached hydrogen (secondary N) is 1. The van der Waals surface area contributed by atoms with Crippen LogP contribution >= 0.6 is 23.2 Å². The Morgan fingerprint density at radius 3 is 2.79 bits per heavy atom. The van der Waals surface area contributed by atoms with Crippen molar-refractivity contribution in [1.82, 2.24) is 15.1 Å². The quantitative estimate of drug-likeness (QED) is 0.499. The first-order valence-electron chi connectivity index (χ1n) is 10.3. The predicted molar refractivity (Wildman–Crippen MR) is 124 cm³/mol. The van der Waals surface area contributed by atoms with Gasteiger partial charge in [0, 0.05) is 28.9 Å². The zero-order valence-corrected chi connectivity index (χ0v) is 19.6. The number of halogens is 2. The van der Waals surface area contributed by atoms with E-state index >= 15 is 0 Å². The Kier molecular flexibility index (Phi) is 6.97. The van der Waals surface area contributed by atoms with Crippen molar-refractivity contribution in [2.45, 2.75) is 26.4 Å². The molecule has 0 fully saturated rings. The maximum Gasteiger partial charge on any atom is 0.231 e. The van der Waals surface area contributed by atoms with Crippen LogP contribution in [0.25, 0.3) is 5.69 Å². The van der Waals surface area contributed by atoms with Crippen LogP contribution in [-0.4, -0.2) is 46.8 Å². The summed E-state index contributed by atoms with van der Waals surface area (Å²) in [5.74, 6) is 1.57. The number of aliphatic hydroxyl groups is 1. The van der Waals surface area contributed by atoms with E-state index in [9.17, 15) is 9.90 Å². The highest BCUT2D eigenvalue weighted by Gasteiger charge is 2.19. The van der Waals surface area contributed by atoms with E-state index < -0.39 is 6.10 Å². The van der Waals surface area contributed by atoms with E-state index in [1.54, 1.807) is 41.1 Å². The van der Waals surface area contributed by atoms with Crippen LogP contribution in [0.5, 0.6) is 17.2 Å². The van der Waals surface area contributed by atoms with Crippen LogP contribution in [-0.2, 0) is 11.2 Å². The lowest BCUT2D eigenvalue weighted by atomic mass is 10.1. The van der Waals surface area contributed by atoms with Gasteiger partial charge in [-0.2, -0.15) is 5.10 Å². The largest absolute Gasteiger partial charge is 0.491 e. The van der Waals surface area contributed by atoms with Crippen LogP contribution in [0.3, 0.4) is 0 Å². The van der Waals surface area contributed by atoms with Crippen LogP contribution in [0, 0.1) is 13.8 Å². The van der Waals surface area contributed by atoms with Gasteiger partial charge < -0.3 is 24.6 Å². The molecule has 2 heterocycles. The molecule has 174 valence electrons. The van der Waals surface area contributed by atoms with Crippen molar-refractivity contribution in [1.29, 1.82) is 0 Å². The van der Waals surface area contributed by atoms with Crippen LogP contribution in [0.4, 0.5) is 0 Å². The molecule has 1 unspecified atom stereocenters. The molecule has 0 aliphatic carbocycles. The monoisotopic (exact) mass is 491 g/mol. The number of amides is 1. The van der Waals surface area contributed by atoms with Crippen molar-refractivity contribution in [3.05, 3.63) is 63.4 Å². The molecular formula is C23H23Cl2N3O5. The van der Waals surface area contributed by atoms with Gasteiger partial charge in [-0.1, -0.05) is 23.2 Å². The summed E-state index contributed by atoms with van der Waals surface area (Å²) in [6.07, 6.45) is -0.754. The van der Waals surface area contributed by atoms with Gasteiger partial charge in [-0.15, -0.1) is 0 Å². The van der Waals surface area contributed by atoms with Crippen molar-refractivity contribution in [2.24, 2.45) is 0 Å². The average molecular weight is 492 g/mol. The van der Waals surface area contributed by atoms with Gasteiger partial charge in [-0.3, -0.25) is 4.79 Å². The Hall–Kier alpha value is -2.94. The topological polar surface area (TPSA) is 94.8 Å². The van der Waals surface area contributed by atoms with Gasteiger partial charge in [0.25, 0.3) is 0 Å². The van der Waals surface area contributed by atoms with E-state index in [1.807, 2.05) is 13.8 Å². The molecule has 0 saturated carbocycles. The highest BCUT2D eigenvalue weighted by Crippen LogP contribution is 2.35. The van der Waals surface area contributed by atoms with E-state index in [0.29, 0.717) is 33.0 Å². The molecule has 3 aromatic rings. The minimum Gasteiger partial charge on any atom is -0.491 e. The zero-order chi connectivity index (χ0) is 23.5. The number of nitrogens with zero attached hydrogens (tertiary/aromatic N) is 2. The van der Waals surface area contributed by atoms with Gasteiger partial charge in [0.2, 0.25) is 12.7 Å². The van der Waals surface area contributed by atoms with Gasteiger partial charge >= 0.3 is 0 Å². The summed E-state index contributed by atoms with van der Waals surface area (Å²) < 4.78 is 17.8. The fourth-order valence-corrected chi connectivity index (χ4v) is 3.98. The second-order valence-electron chi connectivity index (χ2n) is 7.62. The lowest BCUT2D eigenvalue weighted by molar-refractivity contribution is -0.121. The summed E-state index contributed by atoms with van der Waals surface area (Å²) in [5.41, 5.74) is 3.01. The number of ether oxygens (including phenoxy) is 3. The minimum absolute atomic E-state index is 0.0188. The lowest BCUT2D eigenvalue weighted by Crippen LogP contribution is -2.36. The number of hydrogen-bond donors (Lipinski definition) is 2. The molecule has 2 N–H and O–H groups in total. The van der Waals surface area contributed by atoms with Crippen molar-refractivity contribution >= 4 is 29.1 Å². The molecule has 1 atom stereocenters. The van der Waals surface area contributed by atoms with Crippen LogP contribution in [0.2, 0.25) is 10.0 Å². The third-order valence-corrected chi connectivity index (χ3v) is 5.78. The van der Waals surface area contributed by atoms with E-state index in [1.165, 1.54) is 0 Å². The number of aliphatic hydroxyl groups excluding tert-OH is 1. The molecule has 0 radical (unpaired) electrons. The Bertz CT molecular complexity index is 1180. The Balaban J connectivity index is 1.31. The van der Waals surface area contributed by atoms with Crippen molar-refractivity contribution in [3.63, 3.8) is 0 Å². The van der Waals surface area contributed by atoms with Crippen molar-refractivity contribution in [2.75, 3.05) is 19.9 Å².